The molecular weight excluding hydrogens is 397 g/mol. The molecule has 5 nitrogen and oxygen atoms in total. The monoisotopic (exact) mass is 427 g/mol. The van der Waals surface area contributed by atoms with E-state index in [4.69, 9.17) is 4.74 Å². The van der Waals surface area contributed by atoms with E-state index in [2.05, 4.69) is 0 Å². The third-order valence-corrected chi connectivity index (χ3v) is 5.91. The Morgan fingerprint density at radius 1 is 1.16 bits per heavy atom. The lowest BCUT2D eigenvalue weighted by Gasteiger charge is -2.26. The van der Waals surface area contributed by atoms with Gasteiger partial charge in [-0.1, -0.05) is 24.3 Å². The minimum Gasteiger partial charge on any atom is -0.465 e. The number of hydrogen-bond acceptors (Lipinski definition) is 4. The van der Waals surface area contributed by atoms with Crippen molar-refractivity contribution in [2.24, 2.45) is 0 Å². The Labute approximate surface area is 182 Å². The maximum atomic E-state index is 13.0. The first-order valence-electron chi connectivity index (χ1n) is 10.9. The van der Waals surface area contributed by atoms with Crippen LogP contribution in [0.3, 0.4) is 0 Å². The molecule has 1 heterocycles. The van der Waals surface area contributed by atoms with Crippen LogP contribution >= 0.6 is 0 Å². The molecule has 0 radical (unpaired) electrons. The topological polar surface area (TPSA) is 66.8 Å². The van der Waals surface area contributed by atoms with Gasteiger partial charge in [-0.05, 0) is 73.9 Å². The highest BCUT2D eigenvalue weighted by Crippen LogP contribution is 2.24. The third kappa shape index (κ3) is 6.62. The minimum atomic E-state index is -0.503. The highest BCUT2D eigenvalue weighted by Gasteiger charge is 2.30. The summed E-state index contributed by atoms with van der Waals surface area (Å²) in [6.45, 7) is 0.691. The molecule has 0 bridgehead atoms. The van der Waals surface area contributed by atoms with E-state index in [0.29, 0.717) is 31.4 Å². The van der Waals surface area contributed by atoms with Crippen LogP contribution in [0.4, 0.5) is 4.39 Å². The lowest BCUT2D eigenvalue weighted by Crippen LogP contribution is -2.34. The Morgan fingerprint density at radius 2 is 1.84 bits per heavy atom. The fourth-order valence-corrected chi connectivity index (χ4v) is 4.16. The van der Waals surface area contributed by atoms with Gasteiger partial charge >= 0.3 is 5.97 Å². The molecule has 1 fully saturated rings. The summed E-state index contributed by atoms with van der Waals surface area (Å²) in [6, 6.07) is 13.7. The second-order valence-electron chi connectivity index (χ2n) is 8.13. The Balaban J connectivity index is 1.44. The van der Waals surface area contributed by atoms with Gasteiger partial charge in [0.1, 0.15) is 5.82 Å². The zero-order valence-corrected chi connectivity index (χ0v) is 17.9. The van der Waals surface area contributed by atoms with Crippen molar-refractivity contribution in [3.8, 4) is 0 Å². The molecule has 1 aliphatic rings. The number of aliphatic hydroxyl groups is 1. The van der Waals surface area contributed by atoms with Crippen LogP contribution in [0.5, 0.6) is 0 Å². The number of aliphatic hydroxyl groups excluding tert-OH is 1. The van der Waals surface area contributed by atoms with Gasteiger partial charge in [-0.2, -0.15) is 0 Å². The number of likely N-dealkylation sites (tertiary alicyclic amines) is 1. The molecule has 3 rings (SSSR count). The van der Waals surface area contributed by atoms with E-state index in [1.165, 1.54) is 19.2 Å². The zero-order chi connectivity index (χ0) is 22.2. The van der Waals surface area contributed by atoms with Gasteiger partial charge in [0, 0.05) is 19.0 Å². The number of carbonyl (C=O) groups is 2. The van der Waals surface area contributed by atoms with E-state index in [9.17, 15) is 19.1 Å². The number of benzene rings is 2. The molecule has 1 N–H and O–H groups in total. The van der Waals surface area contributed by atoms with Gasteiger partial charge in [-0.3, -0.25) is 4.79 Å². The fraction of sp³-hybridized carbons (Fsp3) is 0.440. The van der Waals surface area contributed by atoms with Crippen LogP contribution in [0.15, 0.2) is 48.5 Å². The number of rotatable bonds is 10. The largest absolute Gasteiger partial charge is 0.465 e. The number of carbonyl (C=O) groups excluding carboxylic acids is 2. The van der Waals surface area contributed by atoms with Crippen molar-refractivity contribution >= 4 is 11.9 Å². The fourth-order valence-electron chi connectivity index (χ4n) is 4.16. The van der Waals surface area contributed by atoms with E-state index in [1.807, 2.05) is 17.0 Å². The molecule has 1 amide bonds. The van der Waals surface area contributed by atoms with Gasteiger partial charge < -0.3 is 14.7 Å². The van der Waals surface area contributed by atoms with Crippen molar-refractivity contribution in [2.45, 2.75) is 57.1 Å². The minimum absolute atomic E-state index is 0.164. The number of esters is 1. The molecule has 2 unspecified atom stereocenters. The maximum Gasteiger partial charge on any atom is 0.337 e. The van der Waals surface area contributed by atoms with E-state index < -0.39 is 6.10 Å². The predicted octanol–water partition coefficient (Wildman–Crippen LogP) is 3.92. The van der Waals surface area contributed by atoms with Crippen LogP contribution in [0.1, 0.15) is 53.6 Å². The lowest BCUT2D eigenvalue weighted by atomic mass is 10.0. The molecule has 6 heteroatoms. The quantitative estimate of drug-likeness (QED) is 0.584. The van der Waals surface area contributed by atoms with Crippen molar-refractivity contribution in [1.82, 2.24) is 4.90 Å². The summed E-state index contributed by atoms with van der Waals surface area (Å²) in [5.74, 6) is -0.449. The zero-order valence-electron chi connectivity index (χ0n) is 17.9. The Hall–Kier alpha value is -2.73. The van der Waals surface area contributed by atoms with Gasteiger partial charge in [0.05, 0.1) is 18.8 Å². The van der Waals surface area contributed by atoms with Crippen LogP contribution in [0, 0.1) is 5.82 Å². The standard InChI is InChI=1S/C25H30FNO4/c1-31-25(30)20-8-4-18(5-9-20)3-2-16-27-22(13-15-24(27)29)12-14-23(28)17-19-6-10-21(26)11-7-19/h4-11,22-23,28H,2-3,12-17H2,1H3. The number of methoxy groups -OCH3 is 1. The summed E-state index contributed by atoms with van der Waals surface area (Å²) >= 11 is 0. The van der Waals surface area contributed by atoms with Gasteiger partial charge in [-0.25, -0.2) is 9.18 Å². The Morgan fingerprint density at radius 3 is 2.52 bits per heavy atom. The molecule has 1 aliphatic heterocycles. The smallest absolute Gasteiger partial charge is 0.337 e. The van der Waals surface area contributed by atoms with Crippen LogP contribution in [0.25, 0.3) is 0 Å². The number of amides is 1. The van der Waals surface area contributed by atoms with Gasteiger partial charge in [0.25, 0.3) is 0 Å². The Bertz CT molecular complexity index is 866. The number of hydrogen-bond donors (Lipinski definition) is 1. The average molecular weight is 428 g/mol. The van der Waals surface area contributed by atoms with E-state index >= 15 is 0 Å². The number of ether oxygens (including phenoxy) is 1. The van der Waals surface area contributed by atoms with Gasteiger partial charge in [-0.15, -0.1) is 0 Å². The number of aryl methyl sites for hydroxylation is 1. The van der Waals surface area contributed by atoms with Crippen LogP contribution in [0.2, 0.25) is 0 Å². The molecule has 1 saturated heterocycles. The maximum absolute atomic E-state index is 13.0. The molecular formula is C25H30FNO4. The molecule has 0 saturated carbocycles. The van der Waals surface area contributed by atoms with Crippen molar-refractivity contribution in [2.75, 3.05) is 13.7 Å². The highest BCUT2D eigenvalue weighted by molar-refractivity contribution is 5.89. The van der Waals surface area contributed by atoms with Gasteiger partial charge in [0.15, 0.2) is 0 Å². The SMILES string of the molecule is COC(=O)c1ccc(CCCN2C(=O)CCC2CCC(O)Cc2ccc(F)cc2)cc1. The normalized spacial score (nSPS) is 17.1. The van der Waals surface area contributed by atoms with Crippen LogP contribution in [-0.4, -0.2) is 47.7 Å². The molecule has 0 spiro atoms. The summed E-state index contributed by atoms with van der Waals surface area (Å²) in [5.41, 5.74) is 2.55. The summed E-state index contributed by atoms with van der Waals surface area (Å²) < 4.78 is 17.7. The first kappa shape index (κ1) is 22.9. The second-order valence-corrected chi connectivity index (χ2v) is 8.13. The molecule has 0 aliphatic carbocycles. The average Bonchev–Trinajstić information content (AvgIpc) is 3.13. The molecule has 2 aromatic carbocycles. The summed E-state index contributed by atoms with van der Waals surface area (Å²) in [5, 5.41) is 10.4. The molecule has 31 heavy (non-hydrogen) atoms. The molecule has 2 aromatic rings. The number of nitrogens with zero attached hydrogens (tertiary/aromatic N) is 1. The molecule has 2 atom stereocenters. The third-order valence-electron chi connectivity index (χ3n) is 5.91. The summed E-state index contributed by atoms with van der Waals surface area (Å²) in [6.07, 6.45) is 4.42. The van der Waals surface area contributed by atoms with E-state index in [0.717, 1.165) is 36.8 Å². The predicted molar refractivity (Wildman–Crippen MR) is 116 cm³/mol. The molecule has 0 aromatic heterocycles. The van der Waals surface area contributed by atoms with E-state index in [1.54, 1.807) is 24.3 Å². The van der Waals surface area contributed by atoms with Crippen LogP contribution in [-0.2, 0) is 22.4 Å². The molecule has 166 valence electrons. The first-order chi connectivity index (χ1) is 15.0. The highest BCUT2D eigenvalue weighted by atomic mass is 19.1. The van der Waals surface area contributed by atoms with Crippen molar-refractivity contribution in [3.05, 3.63) is 71.0 Å². The Kier molecular flexibility index (Phi) is 8.18. The van der Waals surface area contributed by atoms with Crippen molar-refractivity contribution < 1.29 is 23.8 Å². The second kappa shape index (κ2) is 11.0. The van der Waals surface area contributed by atoms with Crippen LogP contribution < -0.4 is 0 Å². The van der Waals surface area contributed by atoms with E-state index in [-0.39, 0.29) is 23.7 Å². The summed E-state index contributed by atoms with van der Waals surface area (Å²) in [7, 11) is 1.36. The lowest BCUT2D eigenvalue weighted by molar-refractivity contribution is -0.129. The van der Waals surface area contributed by atoms with Gasteiger partial charge in [0.2, 0.25) is 5.91 Å². The van der Waals surface area contributed by atoms with Crippen molar-refractivity contribution in [1.29, 1.82) is 0 Å². The first-order valence-corrected chi connectivity index (χ1v) is 10.9. The number of halogens is 1. The summed E-state index contributed by atoms with van der Waals surface area (Å²) in [4.78, 5) is 25.8. The van der Waals surface area contributed by atoms with Crippen molar-refractivity contribution in [3.63, 3.8) is 0 Å².